The van der Waals surface area contributed by atoms with Crippen LogP contribution < -0.4 is 4.90 Å². The Hall–Kier alpha value is -1.21. The minimum Gasteiger partial charge on any atom is -0.380 e. The second kappa shape index (κ2) is 5.88. The minimum atomic E-state index is -1.10. The van der Waals surface area contributed by atoms with Crippen molar-refractivity contribution in [3.63, 3.8) is 0 Å². The fourth-order valence-electron chi connectivity index (χ4n) is 3.19. The Labute approximate surface area is 128 Å². The molecule has 2 heterocycles. The molecule has 6 nitrogen and oxygen atoms in total. The number of anilines is 1. The third-order valence-electron chi connectivity index (χ3n) is 4.40. The maximum Gasteiger partial charge on any atom is 0.254 e. The third kappa shape index (κ3) is 3.03. The van der Waals surface area contributed by atoms with E-state index in [9.17, 15) is 9.90 Å². The van der Waals surface area contributed by atoms with E-state index in [1.807, 2.05) is 11.8 Å². The third-order valence-corrected chi connectivity index (χ3v) is 5.27. The van der Waals surface area contributed by atoms with Gasteiger partial charge in [0, 0.05) is 37.7 Å². The van der Waals surface area contributed by atoms with Crippen molar-refractivity contribution in [2.24, 2.45) is 0 Å². The normalized spacial score (nSPS) is 22.4. The number of hydrogen-bond acceptors (Lipinski definition) is 6. The molecule has 2 aliphatic rings. The predicted octanol–water partition coefficient (Wildman–Crippen LogP) is 1.19. The first kappa shape index (κ1) is 14.7. The molecule has 1 saturated heterocycles. The summed E-state index contributed by atoms with van der Waals surface area (Å²) in [5.41, 5.74) is -1.10. The molecule has 1 amide bonds. The lowest BCUT2D eigenvalue weighted by Crippen LogP contribution is -2.48. The zero-order valence-corrected chi connectivity index (χ0v) is 13.2. The van der Waals surface area contributed by atoms with Gasteiger partial charge in [0.25, 0.3) is 5.91 Å². The first-order valence-corrected chi connectivity index (χ1v) is 8.43. The van der Waals surface area contributed by atoms with Gasteiger partial charge in [0.2, 0.25) is 5.13 Å². The van der Waals surface area contributed by atoms with Gasteiger partial charge in [-0.1, -0.05) is 0 Å². The Morgan fingerprint density at radius 2 is 1.95 bits per heavy atom. The van der Waals surface area contributed by atoms with Crippen molar-refractivity contribution in [1.29, 1.82) is 0 Å². The summed E-state index contributed by atoms with van der Waals surface area (Å²) >= 11 is 1.41. The summed E-state index contributed by atoms with van der Waals surface area (Å²) in [6.45, 7) is 4.91. The van der Waals surface area contributed by atoms with Crippen LogP contribution in [0.15, 0.2) is 0 Å². The van der Waals surface area contributed by atoms with E-state index < -0.39 is 5.60 Å². The summed E-state index contributed by atoms with van der Waals surface area (Å²) in [5.74, 6) is 0.725. The van der Waals surface area contributed by atoms with Gasteiger partial charge in [-0.3, -0.25) is 4.79 Å². The number of aliphatic hydroxyl groups is 1. The molecule has 1 saturated carbocycles. The highest BCUT2D eigenvalue weighted by molar-refractivity contribution is 7.09. The van der Waals surface area contributed by atoms with E-state index in [1.165, 1.54) is 11.5 Å². The maximum atomic E-state index is 12.6. The molecule has 1 aromatic heterocycles. The molecule has 0 unspecified atom stereocenters. The molecule has 21 heavy (non-hydrogen) atoms. The number of aromatic nitrogens is 2. The van der Waals surface area contributed by atoms with E-state index in [2.05, 4.69) is 14.3 Å². The average molecular weight is 310 g/mol. The van der Waals surface area contributed by atoms with Gasteiger partial charge in [0.15, 0.2) is 0 Å². The summed E-state index contributed by atoms with van der Waals surface area (Å²) < 4.78 is 4.22. The molecule has 0 aromatic carbocycles. The fourth-order valence-corrected chi connectivity index (χ4v) is 3.92. The fraction of sp³-hybridized carbons (Fsp3) is 0.786. The summed E-state index contributed by atoms with van der Waals surface area (Å²) in [6, 6.07) is 0. The summed E-state index contributed by atoms with van der Waals surface area (Å²) in [6.07, 6.45) is 4.03. The lowest BCUT2D eigenvalue weighted by molar-refractivity contribution is -0.150. The lowest BCUT2D eigenvalue weighted by atomic mass is 10.0. The van der Waals surface area contributed by atoms with Crippen LogP contribution in [-0.4, -0.2) is 57.1 Å². The Balaban J connectivity index is 1.64. The van der Waals surface area contributed by atoms with Gasteiger partial charge in [0.1, 0.15) is 11.4 Å². The summed E-state index contributed by atoms with van der Waals surface area (Å²) in [7, 11) is 0. The molecular formula is C14H22N4O2S. The van der Waals surface area contributed by atoms with Gasteiger partial charge in [0.05, 0.1) is 0 Å². The van der Waals surface area contributed by atoms with E-state index in [-0.39, 0.29) is 5.91 Å². The van der Waals surface area contributed by atoms with Crippen LogP contribution in [0, 0.1) is 6.92 Å². The minimum absolute atomic E-state index is 0.0738. The van der Waals surface area contributed by atoms with E-state index in [0.717, 1.165) is 49.9 Å². The molecule has 0 spiro atoms. The van der Waals surface area contributed by atoms with Crippen molar-refractivity contribution in [2.45, 2.75) is 44.6 Å². The number of rotatable bonds is 2. The Morgan fingerprint density at radius 3 is 2.62 bits per heavy atom. The van der Waals surface area contributed by atoms with Crippen LogP contribution in [0.2, 0.25) is 0 Å². The van der Waals surface area contributed by atoms with Crippen LogP contribution >= 0.6 is 11.5 Å². The highest BCUT2D eigenvalue weighted by atomic mass is 32.1. The number of carbonyl (C=O) groups is 1. The van der Waals surface area contributed by atoms with Crippen molar-refractivity contribution in [2.75, 3.05) is 31.1 Å². The van der Waals surface area contributed by atoms with Crippen molar-refractivity contribution in [3.05, 3.63) is 5.82 Å². The standard InChI is InChI=1S/C14H22N4O2S/c1-11-15-13(21-16-11)18-8-4-7-17(9-10-18)12(19)14(20)5-2-3-6-14/h20H,2-10H2,1H3. The first-order valence-electron chi connectivity index (χ1n) is 7.65. The smallest absolute Gasteiger partial charge is 0.254 e. The van der Waals surface area contributed by atoms with Gasteiger partial charge in [-0.25, -0.2) is 4.98 Å². The zero-order chi connectivity index (χ0) is 14.9. The second-order valence-electron chi connectivity index (χ2n) is 6.00. The lowest BCUT2D eigenvalue weighted by Gasteiger charge is -2.29. The average Bonchev–Trinajstić information content (AvgIpc) is 3.02. The van der Waals surface area contributed by atoms with Gasteiger partial charge >= 0.3 is 0 Å². The number of amides is 1. The molecule has 0 bridgehead atoms. The molecule has 1 N–H and O–H groups in total. The molecule has 1 aliphatic heterocycles. The number of carbonyl (C=O) groups excluding carboxylic acids is 1. The van der Waals surface area contributed by atoms with Gasteiger partial charge in [-0.15, -0.1) is 0 Å². The van der Waals surface area contributed by atoms with Crippen molar-refractivity contribution in [1.82, 2.24) is 14.3 Å². The summed E-state index contributed by atoms with van der Waals surface area (Å²) in [5, 5.41) is 11.4. The predicted molar refractivity (Wildman–Crippen MR) is 81.5 cm³/mol. The summed E-state index contributed by atoms with van der Waals surface area (Å²) in [4.78, 5) is 21.0. The Kier molecular flexibility index (Phi) is 4.12. The van der Waals surface area contributed by atoms with E-state index >= 15 is 0 Å². The van der Waals surface area contributed by atoms with Crippen LogP contribution in [0.1, 0.15) is 37.9 Å². The first-order chi connectivity index (χ1) is 10.1. The van der Waals surface area contributed by atoms with E-state index in [0.29, 0.717) is 19.4 Å². The van der Waals surface area contributed by atoms with Crippen LogP contribution in [-0.2, 0) is 4.79 Å². The second-order valence-corrected chi connectivity index (χ2v) is 6.73. The molecule has 1 aliphatic carbocycles. The molecule has 2 fully saturated rings. The number of aryl methyl sites for hydroxylation is 1. The highest BCUT2D eigenvalue weighted by Crippen LogP contribution is 2.31. The molecular weight excluding hydrogens is 288 g/mol. The largest absolute Gasteiger partial charge is 0.380 e. The molecule has 3 rings (SSSR count). The van der Waals surface area contributed by atoms with Crippen LogP contribution in [0.25, 0.3) is 0 Å². The van der Waals surface area contributed by atoms with Crippen LogP contribution in [0.4, 0.5) is 5.13 Å². The Morgan fingerprint density at radius 1 is 1.19 bits per heavy atom. The van der Waals surface area contributed by atoms with E-state index in [1.54, 1.807) is 0 Å². The maximum absolute atomic E-state index is 12.6. The molecule has 7 heteroatoms. The number of nitrogens with zero attached hydrogens (tertiary/aromatic N) is 4. The SMILES string of the molecule is Cc1nsc(N2CCCN(C(=O)C3(O)CCCC3)CC2)n1. The van der Waals surface area contributed by atoms with E-state index in [4.69, 9.17) is 0 Å². The molecule has 116 valence electrons. The quantitative estimate of drug-likeness (QED) is 0.888. The monoisotopic (exact) mass is 310 g/mol. The van der Waals surface area contributed by atoms with Gasteiger partial charge in [-0.05, 0) is 39.0 Å². The van der Waals surface area contributed by atoms with Crippen LogP contribution in [0.5, 0.6) is 0 Å². The van der Waals surface area contributed by atoms with Gasteiger partial charge < -0.3 is 14.9 Å². The number of hydrogen-bond donors (Lipinski definition) is 1. The van der Waals surface area contributed by atoms with Crippen molar-refractivity contribution >= 4 is 22.6 Å². The zero-order valence-electron chi connectivity index (χ0n) is 12.4. The topological polar surface area (TPSA) is 69.6 Å². The van der Waals surface area contributed by atoms with Crippen molar-refractivity contribution < 1.29 is 9.90 Å². The Bertz CT molecular complexity index is 513. The molecule has 0 atom stereocenters. The van der Waals surface area contributed by atoms with Crippen molar-refractivity contribution in [3.8, 4) is 0 Å². The highest BCUT2D eigenvalue weighted by Gasteiger charge is 2.41. The molecule has 0 radical (unpaired) electrons. The molecule has 1 aromatic rings. The van der Waals surface area contributed by atoms with Gasteiger partial charge in [-0.2, -0.15) is 4.37 Å². The van der Waals surface area contributed by atoms with Crippen LogP contribution in [0.3, 0.4) is 0 Å².